The van der Waals surface area contributed by atoms with E-state index in [2.05, 4.69) is 31.3 Å². The summed E-state index contributed by atoms with van der Waals surface area (Å²) in [7, 11) is -8.58. The monoisotopic (exact) mass is 584 g/mol. The standard InChI is InChI=1S/C30H36N2O6S2/c1-6-29(4)23-18-21(39(33,34)35)14-16-25(23)31-27(29)12-8-10-20(3)11-9-13-28-30(5,7-2)24-19-22(40(36,37)38)15-17-26(24)32-28/h8-10,12-20,31H,6-7,11H2,1-5H3,(H,33,34,35)(H,36,37,38). The Morgan fingerprint density at radius 3 is 2.12 bits per heavy atom. The number of anilines is 1. The topological polar surface area (TPSA) is 133 Å². The highest BCUT2D eigenvalue weighted by Gasteiger charge is 2.39. The maximum Gasteiger partial charge on any atom is 0.294 e. The lowest BCUT2D eigenvalue weighted by molar-refractivity contribution is 0.480. The summed E-state index contributed by atoms with van der Waals surface area (Å²) in [5, 5.41) is 3.40. The Hall–Kier alpha value is -3.05. The van der Waals surface area contributed by atoms with Crippen LogP contribution in [0.2, 0.25) is 0 Å². The fourth-order valence-corrected chi connectivity index (χ4v) is 6.31. The molecule has 0 fully saturated rings. The predicted octanol–water partition coefficient (Wildman–Crippen LogP) is 6.75. The van der Waals surface area contributed by atoms with Crippen LogP contribution in [0.25, 0.3) is 0 Å². The van der Waals surface area contributed by atoms with Crippen LogP contribution in [0.4, 0.5) is 11.4 Å². The van der Waals surface area contributed by atoms with E-state index in [4.69, 9.17) is 4.99 Å². The fraction of sp³-hybridized carbons (Fsp3) is 0.367. The van der Waals surface area contributed by atoms with Gasteiger partial charge >= 0.3 is 0 Å². The highest BCUT2D eigenvalue weighted by Crippen LogP contribution is 2.47. The van der Waals surface area contributed by atoms with Crippen molar-refractivity contribution in [1.29, 1.82) is 0 Å². The molecule has 40 heavy (non-hydrogen) atoms. The molecule has 0 saturated carbocycles. The maximum absolute atomic E-state index is 11.7. The first kappa shape index (κ1) is 29.9. The molecule has 0 amide bonds. The zero-order chi connectivity index (χ0) is 29.5. The van der Waals surface area contributed by atoms with E-state index >= 15 is 0 Å². The average Bonchev–Trinajstić information content (AvgIpc) is 3.33. The van der Waals surface area contributed by atoms with E-state index in [0.29, 0.717) is 5.69 Å². The van der Waals surface area contributed by atoms with Crippen molar-refractivity contribution in [3.63, 3.8) is 0 Å². The Morgan fingerprint density at radius 2 is 1.52 bits per heavy atom. The summed E-state index contributed by atoms with van der Waals surface area (Å²) in [6, 6.07) is 9.14. The predicted molar refractivity (Wildman–Crippen MR) is 159 cm³/mol. The van der Waals surface area contributed by atoms with E-state index in [1.807, 2.05) is 39.0 Å². The molecule has 10 heteroatoms. The second kappa shape index (κ2) is 10.7. The third kappa shape index (κ3) is 5.58. The zero-order valence-electron chi connectivity index (χ0n) is 23.3. The van der Waals surface area contributed by atoms with Gasteiger partial charge in [0.15, 0.2) is 0 Å². The van der Waals surface area contributed by atoms with Crippen molar-refractivity contribution in [2.75, 3.05) is 5.32 Å². The number of allylic oxidation sites excluding steroid dienone is 6. The van der Waals surface area contributed by atoms with E-state index in [1.165, 1.54) is 24.3 Å². The van der Waals surface area contributed by atoms with Gasteiger partial charge in [0.1, 0.15) is 0 Å². The van der Waals surface area contributed by atoms with Gasteiger partial charge in [-0.15, -0.1) is 0 Å². The summed E-state index contributed by atoms with van der Waals surface area (Å²) >= 11 is 0. The Bertz CT molecular complexity index is 1670. The highest BCUT2D eigenvalue weighted by atomic mass is 32.2. The molecule has 0 radical (unpaired) electrons. The van der Waals surface area contributed by atoms with E-state index in [-0.39, 0.29) is 15.7 Å². The third-order valence-corrected chi connectivity index (χ3v) is 10.0. The first-order valence-corrected chi connectivity index (χ1v) is 16.2. The summed E-state index contributed by atoms with van der Waals surface area (Å²) in [5.74, 6) is 0.222. The Kier molecular flexibility index (Phi) is 8.03. The van der Waals surface area contributed by atoms with Crippen LogP contribution in [0.3, 0.4) is 0 Å². The molecule has 4 rings (SSSR count). The molecule has 2 heterocycles. The number of hydrogen-bond acceptors (Lipinski definition) is 6. The molecule has 2 aromatic rings. The van der Waals surface area contributed by atoms with Gasteiger partial charge in [-0.3, -0.25) is 14.1 Å². The van der Waals surface area contributed by atoms with E-state index in [0.717, 1.165) is 47.5 Å². The molecule has 0 spiro atoms. The molecule has 3 atom stereocenters. The summed E-state index contributed by atoms with van der Waals surface area (Å²) in [5.41, 5.74) is 4.10. The quantitative estimate of drug-likeness (QED) is 0.278. The van der Waals surface area contributed by atoms with Crippen LogP contribution in [-0.2, 0) is 31.1 Å². The zero-order valence-corrected chi connectivity index (χ0v) is 25.0. The maximum atomic E-state index is 11.7. The normalized spacial score (nSPS) is 24.4. The van der Waals surface area contributed by atoms with Gasteiger partial charge in [-0.25, -0.2) is 0 Å². The number of nitrogens with zero attached hydrogens (tertiary/aromatic N) is 1. The van der Waals surface area contributed by atoms with Crippen molar-refractivity contribution in [3.05, 3.63) is 83.6 Å². The number of fused-ring (bicyclic) bond motifs is 2. The molecule has 0 saturated heterocycles. The van der Waals surface area contributed by atoms with Crippen LogP contribution in [0.5, 0.6) is 0 Å². The Morgan fingerprint density at radius 1 is 0.925 bits per heavy atom. The van der Waals surface area contributed by atoms with Gasteiger partial charge in [0.25, 0.3) is 20.2 Å². The van der Waals surface area contributed by atoms with Crippen LogP contribution < -0.4 is 5.32 Å². The van der Waals surface area contributed by atoms with Crippen LogP contribution in [0.1, 0.15) is 65.0 Å². The average molecular weight is 585 g/mol. The molecular weight excluding hydrogens is 548 g/mol. The van der Waals surface area contributed by atoms with Gasteiger partial charge in [0.05, 0.1) is 21.2 Å². The van der Waals surface area contributed by atoms with Crippen molar-refractivity contribution in [3.8, 4) is 0 Å². The SMILES string of the molecule is CCC1(C)C(C=CCC(C)C=CC=C2Nc3ccc(S(=O)(=O)O)cc3C2(C)CC)=Nc2ccc(S(=O)(=O)O)cc21. The van der Waals surface area contributed by atoms with Crippen LogP contribution in [0, 0.1) is 5.92 Å². The minimum absolute atomic E-state index is 0.113. The largest absolute Gasteiger partial charge is 0.358 e. The van der Waals surface area contributed by atoms with Gasteiger partial charge in [0.2, 0.25) is 0 Å². The van der Waals surface area contributed by atoms with E-state index < -0.39 is 31.1 Å². The number of nitrogens with one attached hydrogen (secondary N) is 1. The highest BCUT2D eigenvalue weighted by molar-refractivity contribution is 7.86. The molecule has 2 aromatic carbocycles. The molecule has 3 N–H and O–H groups in total. The molecule has 214 valence electrons. The lowest BCUT2D eigenvalue weighted by Crippen LogP contribution is -2.27. The van der Waals surface area contributed by atoms with Gasteiger partial charge in [-0.1, -0.05) is 39.0 Å². The number of rotatable bonds is 9. The van der Waals surface area contributed by atoms with E-state index in [9.17, 15) is 25.9 Å². The molecular formula is C30H36N2O6S2. The number of benzene rings is 2. The summed E-state index contributed by atoms with van der Waals surface area (Å²) in [4.78, 5) is 4.50. The van der Waals surface area contributed by atoms with Crippen molar-refractivity contribution < 1.29 is 25.9 Å². The van der Waals surface area contributed by atoms with Crippen LogP contribution >= 0.6 is 0 Å². The number of aliphatic imine (C=N–C) groups is 1. The van der Waals surface area contributed by atoms with Gasteiger partial charge in [-0.2, -0.15) is 16.8 Å². The summed E-state index contributed by atoms with van der Waals surface area (Å²) < 4.78 is 65.6. The van der Waals surface area contributed by atoms with Gasteiger partial charge < -0.3 is 5.32 Å². The Labute approximate surface area is 237 Å². The van der Waals surface area contributed by atoms with Gasteiger partial charge in [0, 0.05) is 22.2 Å². The lowest BCUT2D eigenvalue weighted by atomic mass is 9.77. The smallest absolute Gasteiger partial charge is 0.294 e. The molecule has 2 aliphatic rings. The van der Waals surface area contributed by atoms with Crippen molar-refractivity contribution >= 4 is 37.3 Å². The molecule has 2 aliphatic heterocycles. The summed E-state index contributed by atoms with van der Waals surface area (Å²) in [6.45, 7) is 10.3. The molecule has 0 aliphatic carbocycles. The fourth-order valence-electron chi connectivity index (χ4n) is 5.30. The summed E-state index contributed by atoms with van der Waals surface area (Å²) in [6.07, 6.45) is 12.4. The van der Waals surface area contributed by atoms with Gasteiger partial charge in [-0.05, 0) is 98.7 Å². The Balaban J connectivity index is 1.46. The van der Waals surface area contributed by atoms with Crippen LogP contribution in [0.15, 0.2) is 87.3 Å². The molecule has 0 aromatic heterocycles. The van der Waals surface area contributed by atoms with Crippen molar-refractivity contribution in [1.82, 2.24) is 0 Å². The minimum Gasteiger partial charge on any atom is -0.358 e. The molecule has 8 nitrogen and oxygen atoms in total. The molecule has 0 bridgehead atoms. The van der Waals surface area contributed by atoms with Crippen molar-refractivity contribution in [2.45, 2.75) is 74.5 Å². The lowest BCUT2D eigenvalue weighted by Gasteiger charge is -2.25. The van der Waals surface area contributed by atoms with E-state index in [1.54, 1.807) is 12.1 Å². The first-order chi connectivity index (χ1) is 18.6. The minimum atomic E-state index is -4.30. The number of hydrogen-bond donors (Lipinski definition) is 3. The second-order valence-corrected chi connectivity index (χ2v) is 13.8. The third-order valence-electron chi connectivity index (χ3n) is 8.31. The molecule has 3 unspecified atom stereocenters. The first-order valence-electron chi connectivity index (χ1n) is 13.3. The van der Waals surface area contributed by atoms with Crippen molar-refractivity contribution in [2.24, 2.45) is 10.9 Å². The van der Waals surface area contributed by atoms with Crippen LogP contribution in [-0.4, -0.2) is 31.7 Å². The second-order valence-electron chi connectivity index (χ2n) is 10.9.